The Morgan fingerprint density at radius 1 is 1.45 bits per heavy atom. The van der Waals surface area contributed by atoms with Crippen molar-refractivity contribution in [3.63, 3.8) is 0 Å². The van der Waals surface area contributed by atoms with E-state index in [0.29, 0.717) is 25.7 Å². The molecule has 1 fully saturated rings. The molecule has 5 nitrogen and oxygen atoms in total. The molecule has 0 saturated heterocycles. The Labute approximate surface area is 125 Å². The number of nitrogens with one attached hydrogen (secondary N) is 1. The summed E-state index contributed by atoms with van der Waals surface area (Å²) in [5.41, 5.74) is 6.30. The van der Waals surface area contributed by atoms with Gasteiger partial charge in [-0.15, -0.1) is 0 Å². The number of nitrogens with zero attached hydrogens (tertiary/aromatic N) is 1. The maximum Gasteiger partial charge on any atom is 0.242 e. The minimum atomic E-state index is -3.57. The lowest BCUT2D eigenvalue weighted by Crippen LogP contribution is -2.34. The topological polar surface area (TPSA) is 75.4 Å². The van der Waals surface area contributed by atoms with E-state index in [-0.39, 0.29) is 9.92 Å². The third-order valence-electron chi connectivity index (χ3n) is 3.45. The van der Waals surface area contributed by atoms with E-state index >= 15 is 0 Å². The molecule has 0 spiro atoms. The SMILES string of the molecule is CN(CCNS(=O)(=O)c1ccc(CN)cc1Cl)C1CC1. The summed E-state index contributed by atoms with van der Waals surface area (Å²) in [5.74, 6) is 0. The lowest BCUT2D eigenvalue weighted by atomic mass is 10.2. The summed E-state index contributed by atoms with van der Waals surface area (Å²) < 4.78 is 26.9. The van der Waals surface area contributed by atoms with Gasteiger partial charge in [-0.25, -0.2) is 13.1 Å². The molecule has 0 heterocycles. The smallest absolute Gasteiger partial charge is 0.242 e. The van der Waals surface area contributed by atoms with E-state index in [1.807, 2.05) is 7.05 Å². The molecule has 1 aliphatic carbocycles. The number of hydrogen-bond donors (Lipinski definition) is 2. The van der Waals surface area contributed by atoms with Gasteiger partial charge in [0.05, 0.1) is 5.02 Å². The van der Waals surface area contributed by atoms with Crippen molar-refractivity contribution in [3.05, 3.63) is 28.8 Å². The van der Waals surface area contributed by atoms with Crippen molar-refractivity contribution in [2.45, 2.75) is 30.3 Å². The molecule has 1 aromatic carbocycles. The summed E-state index contributed by atoms with van der Waals surface area (Å²) in [6.45, 7) is 1.41. The molecule has 3 N–H and O–H groups in total. The molecule has 0 amide bonds. The molecule has 1 saturated carbocycles. The number of nitrogens with two attached hydrogens (primary N) is 1. The zero-order chi connectivity index (χ0) is 14.8. The van der Waals surface area contributed by atoms with Crippen LogP contribution in [0.25, 0.3) is 0 Å². The third-order valence-corrected chi connectivity index (χ3v) is 5.39. The van der Waals surface area contributed by atoms with Crippen molar-refractivity contribution >= 4 is 21.6 Å². The second-order valence-electron chi connectivity index (χ2n) is 5.08. The molecule has 1 aliphatic rings. The Bertz CT molecular complexity index is 573. The molecule has 0 radical (unpaired) electrons. The second kappa shape index (κ2) is 6.41. The fourth-order valence-electron chi connectivity index (χ4n) is 2.02. The molecule has 0 atom stereocenters. The van der Waals surface area contributed by atoms with E-state index in [1.54, 1.807) is 12.1 Å². The van der Waals surface area contributed by atoms with Crippen LogP contribution < -0.4 is 10.5 Å². The van der Waals surface area contributed by atoms with Crippen LogP contribution in [0.15, 0.2) is 23.1 Å². The van der Waals surface area contributed by atoms with Crippen LogP contribution in [0.5, 0.6) is 0 Å². The van der Waals surface area contributed by atoms with Crippen molar-refractivity contribution in [1.29, 1.82) is 0 Å². The highest BCUT2D eigenvalue weighted by atomic mass is 35.5. The molecular weight excluding hydrogens is 298 g/mol. The van der Waals surface area contributed by atoms with Crippen LogP contribution in [0, 0.1) is 0 Å². The summed E-state index contributed by atoms with van der Waals surface area (Å²) in [5, 5.41) is 0.205. The van der Waals surface area contributed by atoms with Gasteiger partial charge in [-0.2, -0.15) is 0 Å². The second-order valence-corrected chi connectivity index (χ2v) is 7.22. The summed E-state index contributed by atoms with van der Waals surface area (Å²) in [4.78, 5) is 2.27. The van der Waals surface area contributed by atoms with Gasteiger partial charge >= 0.3 is 0 Å². The number of sulfonamides is 1. The third kappa shape index (κ3) is 3.93. The Hall–Kier alpha value is -0.660. The van der Waals surface area contributed by atoms with Crippen molar-refractivity contribution in [1.82, 2.24) is 9.62 Å². The van der Waals surface area contributed by atoms with E-state index in [1.165, 1.54) is 18.9 Å². The molecule has 7 heteroatoms. The molecule has 0 aliphatic heterocycles. The summed E-state index contributed by atoms with van der Waals surface area (Å²) in [6.07, 6.45) is 2.41. The van der Waals surface area contributed by atoms with Crippen molar-refractivity contribution in [2.75, 3.05) is 20.1 Å². The number of halogens is 1. The largest absolute Gasteiger partial charge is 0.326 e. The molecule has 20 heavy (non-hydrogen) atoms. The van der Waals surface area contributed by atoms with Gasteiger partial charge in [0.15, 0.2) is 0 Å². The molecular formula is C13H20ClN3O2S. The Kier molecular flexibility index (Phi) is 5.04. The van der Waals surface area contributed by atoms with Crippen LogP contribution in [0.3, 0.4) is 0 Å². The van der Waals surface area contributed by atoms with Crippen LogP contribution in [0.2, 0.25) is 5.02 Å². The monoisotopic (exact) mass is 317 g/mol. The fraction of sp³-hybridized carbons (Fsp3) is 0.538. The van der Waals surface area contributed by atoms with Gasteiger partial charge in [0.25, 0.3) is 0 Å². The predicted octanol–water partition coefficient (Wildman–Crippen LogP) is 1.17. The van der Waals surface area contributed by atoms with Crippen LogP contribution in [0.4, 0.5) is 0 Å². The van der Waals surface area contributed by atoms with Crippen LogP contribution in [-0.2, 0) is 16.6 Å². The molecule has 0 unspecified atom stereocenters. The first-order chi connectivity index (χ1) is 9.44. The van der Waals surface area contributed by atoms with Crippen LogP contribution in [0.1, 0.15) is 18.4 Å². The van der Waals surface area contributed by atoms with E-state index in [2.05, 4.69) is 9.62 Å². The lowest BCUT2D eigenvalue weighted by molar-refractivity contribution is 0.329. The van der Waals surface area contributed by atoms with Gasteiger partial charge in [-0.05, 0) is 37.6 Å². The fourth-order valence-corrected chi connectivity index (χ4v) is 3.61. The van der Waals surface area contributed by atoms with Gasteiger partial charge < -0.3 is 10.6 Å². The van der Waals surface area contributed by atoms with Crippen molar-refractivity contribution in [2.24, 2.45) is 5.73 Å². The molecule has 2 rings (SSSR count). The first kappa shape index (κ1) is 15.7. The van der Waals surface area contributed by atoms with Crippen LogP contribution in [-0.4, -0.2) is 39.5 Å². The van der Waals surface area contributed by atoms with Crippen molar-refractivity contribution in [3.8, 4) is 0 Å². The maximum atomic E-state index is 12.2. The standard InChI is InChI=1S/C13H20ClN3O2S/c1-17(11-3-4-11)7-6-16-20(18,19)13-5-2-10(9-15)8-12(13)14/h2,5,8,11,16H,3-4,6-7,9,15H2,1H3. The first-order valence-electron chi connectivity index (χ1n) is 6.62. The Morgan fingerprint density at radius 3 is 2.70 bits per heavy atom. The molecule has 1 aromatic rings. The Balaban J connectivity index is 1.98. The first-order valence-corrected chi connectivity index (χ1v) is 8.48. The zero-order valence-electron chi connectivity index (χ0n) is 11.5. The van der Waals surface area contributed by atoms with Gasteiger partial charge in [0.2, 0.25) is 10.0 Å². The van der Waals surface area contributed by atoms with E-state index < -0.39 is 10.0 Å². The lowest BCUT2D eigenvalue weighted by Gasteiger charge is -2.16. The maximum absolute atomic E-state index is 12.2. The minimum Gasteiger partial charge on any atom is -0.326 e. The van der Waals surface area contributed by atoms with Gasteiger partial charge in [0.1, 0.15) is 4.90 Å². The van der Waals surface area contributed by atoms with Gasteiger partial charge in [-0.1, -0.05) is 17.7 Å². The quantitative estimate of drug-likeness (QED) is 0.791. The number of benzene rings is 1. The Morgan fingerprint density at radius 2 is 2.15 bits per heavy atom. The average Bonchev–Trinajstić information content (AvgIpc) is 3.22. The highest BCUT2D eigenvalue weighted by Gasteiger charge is 2.26. The normalized spacial score (nSPS) is 15.8. The minimum absolute atomic E-state index is 0.102. The van der Waals surface area contributed by atoms with E-state index in [0.717, 1.165) is 5.56 Å². The number of likely N-dealkylation sites (N-methyl/N-ethyl adjacent to an activating group) is 1. The molecule has 0 aromatic heterocycles. The van der Waals surface area contributed by atoms with Gasteiger partial charge in [0, 0.05) is 25.7 Å². The van der Waals surface area contributed by atoms with Crippen LogP contribution >= 0.6 is 11.6 Å². The molecule has 0 bridgehead atoms. The number of rotatable bonds is 7. The summed E-state index contributed by atoms with van der Waals surface area (Å²) in [6, 6.07) is 5.38. The highest BCUT2D eigenvalue weighted by molar-refractivity contribution is 7.89. The summed E-state index contributed by atoms with van der Waals surface area (Å²) in [7, 11) is -1.56. The van der Waals surface area contributed by atoms with Gasteiger partial charge in [-0.3, -0.25) is 0 Å². The zero-order valence-corrected chi connectivity index (χ0v) is 13.0. The summed E-state index contributed by atoms with van der Waals surface area (Å²) >= 11 is 6.01. The predicted molar refractivity (Wildman–Crippen MR) is 80.2 cm³/mol. The number of hydrogen-bond acceptors (Lipinski definition) is 4. The van der Waals surface area contributed by atoms with E-state index in [4.69, 9.17) is 17.3 Å². The average molecular weight is 318 g/mol. The van der Waals surface area contributed by atoms with Crippen molar-refractivity contribution < 1.29 is 8.42 Å². The van der Waals surface area contributed by atoms with E-state index in [9.17, 15) is 8.42 Å². The highest BCUT2D eigenvalue weighted by Crippen LogP contribution is 2.25. The molecule has 112 valence electrons.